The Morgan fingerprint density at radius 1 is 1.70 bits per heavy atom. The average Bonchev–Trinajstić information content (AvgIpc) is 1.54. The van der Waals surface area contributed by atoms with Crippen molar-refractivity contribution in [2.75, 3.05) is 0 Å². The molecule has 1 atom stereocenters. The molecule has 0 amide bonds. The number of esters is 1. The molecule has 1 unspecified atom stereocenters. The van der Waals surface area contributed by atoms with Crippen LogP contribution in [0.3, 0.4) is 0 Å². The summed E-state index contributed by atoms with van der Waals surface area (Å²) in [6, 6.07) is 0. The van der Waals surface area contributed by atoms with Crippen LogP contribution >= 0.6 is 0 Å². The van der Waals surface area contributed by atoms with Crippen molar-refractivity contribution >= 4 is 5.97 Å². The molecule has 0 aliphatic carbocycles. The minimum Gasteiger partial charge on any atom is -0.436 e. The molecule has 1 heterocycles. The number of hydrogen-bond donors (Lipinski definition) is 1. The fourth-order valence-corrected chi connectivity index (χ4v) is 1.17. The van der Waals surface area contributed by atoms with Crippen LogP contribution in [-0.4, -0.2) is 17.4 Å². The second-order valence-electron chi connectivity index (χ2n) is 3.49. The summed E-state index contributed by atoms with van der Waals surface area (Å²) < 4.78 is 4.54. The molecule has 0 bridgehead atoms. The molecular formula is C7H12O3. The van der Waals surface area contributed by atoms with E-state index in [1.54, 1.807) is 0 Å². The standard InChI is InChI=1S/C7H12O3/c1-7(2)3-5(8)10-6(9)4-7/h5,8H,3-4H2,1-2H3. The maximum Gasteiger partial charge on any atom is 0.308 e. The number of cyclic esters (lactones) is 1. The van der Waals surface area contributed by atoms with E-state index >= 15 is 0 Å². The maximum absolute atomic E-state index is 10.7. The van der Waals surface area contributed by atoms with Gasteiger partial charge in [-0.15, -0.1) is 0 Å². The lowest BCUT2D eigenvalue weighted by Crippen LogP contribution is -2.34. The van der Waals surface area contributed by atoms with Crippen LogP contribution in [0.15, 0.2) is 0 Å². The number of carbonyl (C=O) groups excluding carboxylic acids is 1. The molecule has 0 aromatic carbocycles. The van der Waals surface area contributed by atoms with Crippen LogP contribution in [0.5, 0.6) is 0 Å². The fourth-order valence-electron chi connectivity index (χ4n) is 1.17. The van der Waals surface area contributed by atoms with Crippen LogP contribution in [0, 0.1) is 5.41 Å². The van der Waals surface area contributed by atoms with Crippen LogP contribution < -0.4 is 0 Å². The molecule has 0 aromatic heterocycles. The fraction of sp³-hybridized carbons (Fsp3) is 0.857. The summed E-state index contributed by atoms with van der Waals surface area (Å²) in [7, 11) is 0. The Hall–Kier alpha value is -0.570. The third-order valence-electron chi connectivity index (χ3n) is 1.62. The Morgan fingerprint density at radius 2 is 2.30 bits per heavy atom. The Kier molecular flexibility index (Phi) is 1.68. The number of hydrogen-bond acceptors (Lipinski definition) is 3. The molecule has 10 heavy (non-hydrogen) atoms. The molecule has 1 N–H and O–H groups in total. The van der Waals surface area contributed by atoms with Crippen molar-refractivity contribution in [3.05, 3.63) is 0 Å². The van der Waals surface area contributed by atoms with Gasteiger partial charge in [0.2, 0.25) is 6.29 Å². The topological polar surface area (TPSA) is 46.5 Å². The Balaban J connectivity index is 2.59. The summed E-state index contributed by atoms with van der Waals surface area (Å²) in [5.41, 5.74) is -0.102. The van der Waals surface area contributed by atoms with Crippen molar-refractivity contribution in [1.29, 1.82) is 0 Å². The van der Waals surface area contributed by atoms with Gasteiger partial charge in [-0.25, -0.2) is 0 Å². The molecule has 3 heteroatoms. The van der Waals surface area contributed by atoms with E-state index < -0.39 is 6.29 Å². The highest BCUT2D eigenvalue weighted by Crippen LogP contribution is 2.31. The van der Waals surface area contributed by atoms with Gasteiger partial charge in [0.25, 0.3) is 0 Å². The molecule has 0 saturated carbocycles. The molecule has 1 aliphatic heterocycles. The molecule has 0 radical (unpaired) electrons. The second kappa shape index (κ2) is 2.23. The van der Waals surface area contributed by atoms with Crippen molar-refractivity contribution in [2.24, 2.45) is 5.41 Å². The first-order valence-corrected chi connectivity index (χ1v) is 3.37. The van der Waals surface area contributed by atoms with Crippen LogP contribution in [-0.2, 0) is 9.53 Å². The van der Waals surface area contributed by atoms with Crippen LogP contribution in [0.2, 0.25) is 0 Å². The minimum atomic E-state index is -0.892. The van der Waals surface area contributed by atoms with Crippen LogP contribution in [0.4, 0.5) is 0 Å². The van der Waals surface area contributed by atoms with Gasteiger partial charge >= 0.3 is 5.97 Å². The average molecular weight is 144 g/mol. The zero-order valence-electron chi connectivity index (χ0n) is 6.26. The van der Waals surface area contributed by atoms with Crippen LogP contribution in [0.1, 0.15) is 26.7 Å². The van der Waals surface area contributed by atoms with E-state index in [1.165, 1.54) is 0 Å². The predicted molar refractivity (Wildman–Crippen MR) is 35.1 cm³/mol. The van der Waals surface area contributed by atoms with Gasteiger partial charge in [-0.05, 0) is 5.41 Å². The Morgan fingerprint density at radius 3 is 2.70 bits per heavy atom. The first kappa shape index (κ1) is 7.54. The van der Waals surface area contributed by atoms with Gasteiger partial charge < -0.3 is 9.84 Å². The van der Waals surface area contributed by atoms with E-state index in [0.717, 1.165) is 0 Å². The van der Waals surface area contributed by atoms with E-state index in [4.69, 9.17) is 5.11 Å². The normalized spacial score (nSPS) is 31.5. The highest BCUT2D eigenvalue weighted by Gasteiger charge is 2.32. The van der Waals surface area contributed by atoms with E-state index in [2.05, 4.69) is 4.74 Å². The highest BCUT2D eigenvalue weighted by molar-refractivity contribution is 5.71. The van der Waals surface area contributed by atoms with Gasteiger partial charge in [-0.1, -0.05) is 13.8 Å². The van der Waals surface area contributed by atoms with E-state index in [9.17, 15) is 4.79 Å². The molecule has 0 aromatic rings. The Bertz CT molecular complexity index is 151. The van der Waals surface area contributed by atoms with Gasteiger partial charge in [0.15, 0.2) is 0 Å². The van der Waals surface area contributed by atoms with Crippen LogP contribution in [0.25, 0.3) is 0 Å². The third kappa shape index (κ3) is 1.70. The molecule has 1 saturated heterocycles. The van der Waals surface area contributed by atoms with Crippen molar-refractivity contribution in [2.45, 2.75) is 33.0 Å². The molecule has 58 valence electrons. The van der Waals surface area contributed by atoms with Crippen molar-refractivity contribution in [3.63, 3.8) is 0 Å². The van der Waals surface area contributed by atoms with Gasteiger partial charge in [0.05, 0.1) is 6.42 Å². The zero-order chi connectivity index (χ0) is 7.78. The Labute approximate surface area is 60.0 Å². The summed E-state index contributed by atoms with van der Waals surface area (Å²) in [6.07, 6.45) is 0.0549. The second-order valence-corrected chi connectivity index (χ2v) is 3.49. The predicted octanol–water partition coefficient (Wildman–Crippen LogP) is 0.668. The smallest absolute Gasteiger partial charge is 0.308 e. The van der Waals surface area contributed by atoms with Crippen molar-refractivity contribution in [3.8, 4) is 0 Å². The van der Waals surface area contributed by atoms with Crippen molar-refractivity contribution < 1.29 is 14.6 Å². The zero-order valence-corrected chi connectivity index (χ0v) is 6.26. The summed E-state index contributed by atoms with van der Waals surface area (Å²) in [6.45, 7) is 3.88. The van der Waals surface area contributed by atoms with E-state index in [-0.39, 0.29) is 11.4 Å². The molecule has 0 spiro atoms. The lowest BCUT2D eigenvalue weighted by molar-refractivity contribution is -0.187. The van der Waals surface area contributed by atoms with E-state index in [1.807, 2.05) is 13.8 Å². The summed E-state index contributed by atoms with van der Waals surface area (Å²) in [4.78, 5) is 10.7. The lowest BCUT2D eigenvalue weighted by atomic mass is 9.84. The van der Waals surface area contributed by atoms with Gasteiger partial charge in [-0.3, -0.25) is 4.79 Å². The van der Waals surface area contributed by atoms with E-state index in [0.29, 0.717) is 12.8 Å². The van der Waals surface area contributed by atoms with Gasteiger partial charge in [0.1, 0.15) is 0 Å². The largest absolute Gasteiger partial charge is 0.436 e. The third-order valence-corrected chi connectivity index (χ3v) is 1.62. The van der Waals surface area contributed by atoms with Gasteiger partial charge in [0, 0.05) is 6.42 Å². The molecular weight excluding hydrogens is 132 g/mol. The highest BCUT2D eigenvalue weighted by atomic mass is 16.6. The van der Waals surface area contributed by atoms with Gasteiger partial charge in [-0.2, -0.15) is 0 Å². The molecule has 1 aliphatic rings. The lowest BCUT2D eigenvalue weighted by Gasteiger charge is -2.31. The number of rotatable bonds is 0. The maximum atomic E-state index is 10.7. The minimum absolute atomic E-state index is 0.102. The molecule has 1 rings (SSSR count). The molecule has 3 nitrogen and oxygen atoms in total. The summed E-state index contributed by atoms with van der Waals surface area (Å²) >= 11 is 0. The first-order valence-electron chi connectivity index (χ1n) is 3.37. The number of ether oxygens (including phenoxy) is 1. The SMILES string of the molecule is CC1(C)CC(=O)OC(O)C1. The molecule has 1 fully saturated rings. The summed E-state index contributed by atoms with van der Waals surface area (Å²) in [5, 5.41) is 8.97. The quantitative estimate of drug-likeness (QED) is 0.508. The first-order chi connectivity index (χ1) is 4.49. The summed E-state index contributed by atoms with van der Waals surface area (Å²) in [5.74, 6) is -0.302. The monoisotopic (exact) mass is 144 g/mol. The number of carbonyl (C=O) groups is 1. The van der Waals surface area contributed by atoms with Crippen molar-refractivity contribution in [1.82, 2.24) is 0 Å². The number of aliphatic hydroxyl groups is 1. The number of aliphatic hydroxyl groups excluding tert-OH is 1.